The molecule has 0 saturated heterocycles. The molecule has 0 fully saturated rings. The molecule has 0 saturated carbocycles. The Balaban J connectivity index is 2.27. The van der Waals surface area contributed by atoms with Gasteiger partial charge in [-0.05, 0) is 29.6 Å². The van der Waals surface area contributed by atoms with Crippen LogP contribution in [0.1, 0.15) is 10.4 Å². The van der Waals surface area contributed by atoms with Crippen molar-refractivity contribution in [2.24, 2.45) is 0 Å². The van der Waals surface area contributed by atoms with E-state index < -0.39 is 0 Å². The molecule has 0 atom stereocenters. The zero-order chi connectivity index (χ0) is 10.7. The summed E-state index contributed by atoms with van der Waals surface area (Å²) in [7, 11) is 1.63. The summed E-state index contributed by atoms with van der Waals surface area (Å²) in [6.07, 6.45) is 0.751. The summed E-state index contributed by atoms with van der Waals surface area (Å²) in [4.78, 5) is 1.23. The molecule has 1 heterocycles. The average Bonchev–Trinajstić information content (AvgIpc) is 2.74. The number of phenolic OH excluding ortho intramolecular Hbond substituents is 1. The number of rotatable bonds is 3. The van der Waals surface area contributed by atoms with Gasteiger partial charge in [-0.25, -0.2) is 0 Å². The maximum absolute atomic E-state index is 9.68. The quantitative estimate of drug-likeness (QED) is 0.861. The fourth-order valence-corrected chi connectivity index (χ4v) is 2.16. The van der Waals surface area contributed by atoms with Gasteiger partial charge >= 0.3 is 0 Å². The van der Waals surface area contributed by atoms with Crippen molar-refractivity contribution in [3.05, 3.63) is 46.2 Å². The monoisotopic (exact) mass is 220 g/mol. The third-order valence-electron chi connectivity index (χ3n) is 2.23. The minimum Gasteiger partial charge on any atom is -0.508 e. The number of hydrogen-bond donors (Lipinski definition) is 1. The van der Waals surface area contributed by atoms with E-state index in [9.17, 15) is 5.11 Å². The Bertz CT molecular complexity index is 435. The van der Waals surface area contributed by atoms with E-state index in [0.717, 1.165) is 17.7 Å². The minimum absolute atomic E-state index is 0.323. The Morgan fingerprint density at radius 1 is 1.33 bits per heavy atom. The normalized spacial score (nSPS) is 10.2. The van der Waals surface area contributed by atoms with Crippen LogP contribution in [0.2, 0.25) is 0 Å². The largest absolute Gasteiger partial charge is 0.508 e. The van der Waals surface area contributed by atoms with Gasteiger partial charge in [-0.3, -0.25) is 0 Å². The molecule has 2 nitrogen and oxygen atoms in total. The molecular weight excluding hydrogens is 208 g/mol. The number of aromatic hydroxyl groups is 1. The second-order valence-corrected chi connectivity index (χ2v) is 4.28. The molecule has 3 heteroatoms. The second-order valence-electron chi connectivity index (χ2n) is 3.25. The predicted molar refractivity (Wildman–Crippen MR) is 61.8 cm³/mol. The van der Waals surface area contributed by atoms with Gasteiger partial charge in [0.15, 0.2) is 0 Å². The van der Waals surface area contributed by atoms with E-state index in [1.165, 1.54) is 4.88 Å². The van der Waals surface area contributed by atoms with Crippen LogP contribution < -0.4 is 4.74 Å². The van der Waals surface area contributed by atoms with Crippen molar-refractivity contribution < 1.29 is 9.84 Å². The van der Waals surface area contributed by atoms with E-state index in [4.69, 9.17) is 4.74 Å². The molecule has 2 rings (SSSR count). The predicted octanol–water partition coefficient (Wildman–Crippen LogP) is 3.05. The second kappa shape index (κ2) is 4.36. The summed E-state index contributed by atoms with van der Waals surface area (Å²) in [6.45, 7) is 0. The SMILES string of the molecule is COc1ccc(O)c(Cc2cccs2)c1. The molecule has 15 heavy (non-hydrogen) atoms. The Morgan fingerprint density at radius 2 is 2.20 bits per heavy atom. The fraction of sp³-hybridized carbons (Fsp3) is 0.167. The lowest BCUT2D eigenvalue weighted by atomic mass is 10.1. The first-order valence-electron chi connectivity index (χ1n) is 4.68. The van der Waals surface area contributed by atoms with E-state index >= 15 is 0 Å². The van der Waals surface area contributed by atoms with Gasteiger partial charge in [0.05, 0.1) is 7.11 Å². The Hall–Kier alpha value is -1.48. The van der Waals surface area contributed by atoms with Gasteiger partial charge in [-0.1, -0.05) is 6.07 Å². The van der Waals surface area contributed by atoms with Crippen LogP contribution in [0.15, 0.2) is 35.7 Å². The minimum atomic E-state index is 0.323. The van der Waals surface area contributed by atoms with E-state index in [1.54, 1.807) is 30.6 Å². The maximum atomic E-state index is 9.68. The number of thiophene rings is 1. The number of methoxy groups -OCH3 is 1. The molecule has 1 aromatic heterocycles. The van der Waals surface area contributed by atoms with Crippen molar-refractivity contribution in [3.8, 4) is 11.5 Å². The molecular formula is C12H12O2S. The molecule has 0 radical (unpaired) electrons. The van der Waals surface area contributed by atoms with Gasteiger partial charge in [-0.15, -0.1) is 11.3 Å². The summed E-state index contributed by atoms with van der Waals surface area (Å²) in [6, 6.07) is 9.37. The molecule has 0 amide bonds. The highest BCUT2D eigenvalue weighted by atomic mass is 32.1. The topological polar surface area (TPSA) is 29.5 Å². The number of benzene rings is 1. The average molecular weight is 220 g/mol. The molecule has 2 aromatic rings. The van der Waals surface area contributed by atoms with Gasteiger partial charge in [0.1, 0.15) is 11.5 Å². The van der Waals surface area contributed by atoms with Gasteiger partial charge in [0.2, 0.25) is 0 Å². The molecule has 0 aliphatic heterocycles. The van der Waals surface area contributed by atoms with Crippen LogP contribution in [0.4, 0.5) is 0 Å². The van der Waals surface area contributed by atoms with E-state index in [1.807, 2.05) is 17.5 Å². The molecule has 0 bridgehead atoms. The molecule has 0 spiro atoms. The number of phenols is 1. The van der Waals surface area contributed by atoms with Crippen molar-refractivity contribution in [2.75, 3.05) is 7.11 Å². The molecule has 0 unspecified atom stereocenters. The first-order chi connectivity index (χ1) is 7.29. The summed E-state index contributed by atoms with van der Waals surface area (Å²) >= 11 is 1.69. The lowest BCUT2D eigenvalue weighted by Gasteiger charge is -2.05. The fourth-order valence-electron chi connectivity index (χ4n) is 1.43. The maximum Gasteiger partial charge on any atom is 0.119 e. The van der Waals surface area contributed by atoms with Crippen molar-refractivity contribution in [3.63, 3.8) is 0 Å². The van der Waals surface area contributed by atoms with E-state index in [-0.39, 0.29) is 0 Å². The highest BCUT2D eigenvalue weighted by Gasteiger charge is 2.04. The van der Waals surface area contributed by atoms with Crippen molar-refractivity contribution >= 4 is 11.3 Å². The van der Waals surface area contributed by atoms with Crippen LogP contribution in [0.3, 0.4) is 0 Å². The molecule has 0 aliphatic rings. The van der Waals surface area contributed by atoms with Crippen LogP contribution in [0.5, 0.6) is 11.5 Å². The summed E-state index contributed by atoms with van der Waals surface area (Å²) < 4.78 is 5.12. The van der Waals surface area contributed by atoms with E-state index in [0.29, 0.717) is 5.75 Å². The third-order valence-corrected chi connectivity index (χ3v) is 3.11. The van der Waals surface area contributed by atoms with Gasteiger partial charge in [0, 0.05) is 16.9 Å². The summed E-state index contributed by atoms with van der Waals surface area (Å²) in [5.74, 6) is 1.10. The van der Waals surface area contributed by atoms with Crippen LogP contribution in [-0.2, 0) is 6.42 Å². The van der Waals surface area contributed by atoms with Gasteiger partial charge < -0.3 is 9.84 Å². The highest BCUT2D eigenvalue weighted by Crippen LogP contribution is 2.26. The van der Waals surface area contributed by atoms with Crippen LogP contribution in [-0.4, -0.2) is 12.2 Å². The van der Waals surface area contributed by atoms with Gasteiger partial charge in [0.25, 0.3) is 0 Å². The first kappa shape index (κ1) is 10.1. The molecule has 1 aromatic carbocycles. The Morgan fingerprint density at radius 3 is 2.87 bits per heavy atom. The lowest BCUT2D eigenvalue weighted by molar-refractivity contribution is 0.411. The smallest absolute Gasteiger partial charge is 0.119 e. The van der Waals surface area contributed by atoms with Crippen LogP contribution in [0, 0.1) is 0 Å². The van der Waals surface area contributed by atoms with Crippen molar-refractivity contribution in [1.29, 1.82) is 0 Å². The summed E-state index contributed by atoms with van der Waals surface area (Å²) in [5.41, 5.74) is 0.900. The molecule has 0 aliphatic carbocycles. The number of ether oxygens (including phenoxy) is 1. The highest BCUT2D eigenvalue weighted by molar-refractivity contribution is 7.09. The Labute approximate surface area is 92.8 Å². The van der Waals surface area contributed by atoms with Crippen LogP contribution in [0.25, 0.3) is 0 Å². The van der Waals surface area contributed by atoms with Crippen molar-refractivity contribution in [2.45, 2.75) is 6.42 Å². The number of hydrogen-bond acceptors (Lipinski definition) is 3. The third kappa shape index (κ3) is 2.30. The summed E-state index contributed by atoms with van der Waals surface area (Å²) in [5, 5.41) is 11.7. The van der Waals surface area contributed by atoms with Crippen LogP contribution >= 0.6 is 11.3 Å². The molecule has 78 valence electrons. The Kier molecular flexibility index (Phi) is 2.92. The van der Waals surface area contributed by atoms with E-state index in [2.05, 4.69) is 6.07 Å². The van der Waals surface area contributed by atoms with Crippen molar-refractivity contribution in [1.82, 2.24) is 0 Å². The molecule has 1 N–H and O–H groups in total. The lowest BCUT2D eigenvalue weighted by Crippen LogP contribution is -1.88. The van der Waals surface area contributed by atoms with Gasteiger partial charge in [-0.2, -0.15) is 0 Å². The standard InChI is InChI=1S/C12H12O2S/c1-14-10-4-5-12(13)9(7-10)8-11-3-2-6-15-11/h2-7,13H,8H2,1H3. The first-order valence-corrected chi connectivity index (χ1v) is 5.56. The zero-order valence-electron chi connectivity index (χ0n) is 8.43. The zero-order valence-corrected chi connectivity index (χ0v) is 9.25.